The maximum Gasteiger partial charge on any atom is 0.0897 e. The molecule has 0 radical (unpaired) electrons. The molecule has 108 valence electrons. The highest BCUT2D eigenvalue weighted by Gasteiger charge is 2.15. The van der Waals surface area contributed by atoms with Crippen LogP contribution < -0.4 is 5.32 Å². The molecule has 0 amide bonds. The van der Waals surface area contributed by atoms with Crippen LogP contribution in [-0.4, -0.2) is 17.6 Å². The van der Waals surface area contributed by atoms with Crippen molar-refractivity contribution in [1.82, 2.24) is 10.3 Å². The summed E-state index contributed by atoms with van der Waals surface area (Å²) < 4.78 is 1.14. The van der Waals surface area contributed by atoms with Crippen molar-refractivity contribution in [2.24, 2.45) is 0 Å². The molecular formula is C16H21BrN2S. The monoisotopic (exact) mass is 352 g/mol. The van der Waals surface area contributed by atoms with Gasteiger partial charge in [-0.15, -0.1) is 11.3 Å². The molecular weight excluding hydrogens is 332 g/mol. The summed E-state index contributed by atoms with van der Waals surface area (Å²) >= 11 is 5.29. The molecule has 0 spiro atoms. The second kappa shape index (κ2) is 7.34. The van der Waals surface area contributed by atoms with E-state index in [1.54, 1.807) is 11.3 Å². The first kappa shape index (κ1) is 15.7. The Morgan fingerprint density at radius 2 is 2.15 bits per heavy atom. The number of hydrogen-bond acceptors (Lipinski definition) is 3. The summed E-state index contributed by atoms with van der Waals surface area (Å²) in [4.78, 5) is 4.60. The summed E-state index contributed by atoms with van der Waals surface area (Å²) in [5.41, 5.74) is 2.56. The minimum absolute atomic E-state index is 0.455. The van der Waals surface area contributed by atoms with Crippen LogP contribution in [0.1, 0.15) is 36.0 Å². The molecule has 0 aliphatic heterocycles. The van der Waals surface area contributed by atoms with E-state index < -0.39 is 0 Å². The second-order valence-corrected chi connectivity index (χ2v) is 7.35. The van der Waals surface area contributed by atoms with Gasteiger partial charge in [0, 0.05) is 28.4 Å². The topological polar surface area (TPSA) is 24.9 Å². The molecule has 1 aromatic carbocycles. The van der Waals surface area contributed by atoms with Crippen molar-refractivity contribution in [2.75, 3.05) is 6.54 Å². The van der Waals surface area contributed by atoms with Crippen molar-refractivity contribution in [2.45, 2.75) is 39.2 Å². The second-order valence-electron chi connectivity index (χ2n) is 5.38. The van der Waals surface area contributed by atoms with Crippen LogP contribution in [0.3, 0.4) is 0 Å². The van der Waals surface area contributed by atoms with Crippen LogP contribution in [0.4, 0.5) is 0 Å². The minimum atomic E-state index is 0.455. The molecule has 20 heavy (non-hydrogen) atoms. The largest absolute Gasteiger partial charge is 0.314 e. The molecule has 1 atom stereocenters. The van der Waals surface area contributed by atoms with Crippen molar-refractivity contribution in [3.8, 4) is 0 Å². The van der Waals surface area contributed by atoms with E-state index in [1.807, 2.05) is 0 Å². The molecule has 2 nitrogen and oxygen atoms in total. The number of aromatic nitrogens is 1. The smallest absolute Gasteiger partial charge is 0.0897 e. The average molecular weight is 353 g/mol. The lowest BCUT2D eigenvalue weighted by Gasteiger charge is -2.19. The molecule has 4 heteroatoms. The van der Waals surface area contributed by atoms with Gasteiger partial charge in [0.25, 0.3) is 0 Å². The molecule has 1 unspecified atom stereocenters. The van der Waals surface area contributed by atoms with E-state index >= 15 is 0 Å². The number of thiazole rings is 1. The van der Waals surface area contributed by atoms with Gasteiger partial charge in [0.2, 0.25) is 0 Å². The van der Waals surface area contributed by atoms with Gasteiger partial charge in [0.1, 0.15) is 0 Å². The highest BCUT2D eigenvalue weighted by atomic mass is 79.9. The Hall–Kier alpha value is -0.710. The lowest BCUT2D eigenvalue weighted by Crippen LogP contribution is -2.29. The van der Waals surface area contributed by atoms with E-state index in [9.17, 15) is 0 Å². The molecule has 0 aliphatic carbocycles. The van der Waals surface area contributed by atoms with Crippen LogP contribution in [0.25, 0.3) is 0 Å². The predicted octanol–water partition coefficient (Wildman–Crippen LogP) is 4.54. The molecule has 1 aromatic heterocycles. The molecule has 1 N–H and O–H groups in total. The number of nitrogens with one attached hydrogen (secondary N) is 1. The van der Waals surface area contributed by atoms with Gasteiger partial charge in [-0.3, -0.25) is 0 Å². The fourth-order valence-electron chi connectivity index (χ4n) is 2.20. The van der Waals surface area contributed by atoms with E-state index in [1.165, 1.54) is 11.3 Å². The number of benzene rings is 1. The van der Waals surface area contributed by atoms with Gasteiger partial charge in [-0.25, -0.2) is 4.98 Å². The first-order valence-corrected chi connectivity index (χ1v) is 8.61. The maximum atomic E-state index is 4.60. The Kier molecular flexibility index (Phi) is 5.75. The van der Waals surface area contributed by atoms with Crippen molar-refractivity contribution in [1.29, 1.82) is 0 Å². The number of aryl methyl sites for hydroxylation is 1. The molecule has 0 aliphatic rings. The van der Waals surface area contributed by atoms with Crippen molar-refractivity contribution in [3.05, 3.63) is 50.4 Å². The summed E-state index contributed by atoms with van der Waals surface area (Å²) in [5, 5.41) is 6.87. The highest BCUT2D eigenvalue weighted by molar-refractivity contribution is 9.10. The van der Waals surface area contributed by atoms with Crippen LogP contribution in [0, 0.1) is 6.92 Å². The standard InChI is InChI=1S/C16H21BrN2S/c1-11(2)18-9-14(8-16-10-20-12(3)19-16)13-5-4-6-15(17)7-13/h4-7,10-11,14,18H,8-9H2,1-3H3. The summed E-state index contributed by atoms with van der Waals surface area (Å²) in [6, 6.07) is 9.10. The number of hydrogen-bond donors (Lipinski definition) is 1. The van der Waals surface area contributed by atoms with Crippen molar-refractivity contribution in [3.63, 3.8) is 0 Å². The van der Waals surface area contributed by atoms with Crippen LogP contribution >= 0.6 is 27.3 Å². The Bertz CT molecular complexity index is 551. The molecule has 0 bridgehead atoms. The molecule has 0 fully saturated rings. The van der Waals surface area contributed by atoms with E-state index in [4.69, 9.17) is 0 Å². The number of nitrogens with zero attached hydrogens (tertiary/aromatic N) is 1. The fourth-order valence-corrected chi connectivity index (χ4v) is 3.24. The third kappa shape index (κ3) is 4.69. The quantitative estimate of drug-likeness (QED) is 0.825. The molecule has 0 saturated carbocycles. The highest BCUT2D eigenvalue weighted by Crippen LogP contribution is 2.24. The zero-order chi connectivity index (χ0) is 14.5. The molecule has 0 saturated heterocycles. The first-order valence-electron chi connectivity index (χ1n) is 6.94. The van der Waals surface area contributed by atoms with Crippen LogP contribution in [-0.2, 0) is 6.42 Å². The predicted molar refractivity (Wildman–Crippen MR) is 90.6 cm³/mol. The first-order chi connectivity index (χ1) is 9.54. The van der Waals surface area contributed by atoms with E-state index in [2.05, 4.69) is 76.6 Å². The Morgan fingerprint density at radius 1 is 1.35 bits per heavy atom. The minimum Gasteiger partial charge on any atom is -0.314 e. The average Bonchev–Trinajstić information content (AvgIpc) is 2.80. The summed E-state index contributed by atoms with van der Waals surface area (Å²) in [5.74, 6) is 0.455. The number of halogens is 1. The van der Waals surface area contributed by atoms with Crippen molar-refractivity contribution >= 4 is 27.3 Å². The van der Waals surface area contributed by atoms with Crippen molar-refractivity contribution < 1.29 is 0 Å². The zero-order valence-electron chi connectivity index (χ0n) is 12.2. The Balaban J connectivity index is 2.15. The Morgan fingerprint density at radius 3 is 2.75 bits per heavy atom. The summed E-state index contributed by atoms with van der Waals surface area (Å²) in [7, 11) is 0. The van der Waals surface area contributed by atoms with Gasteiger partial charge < -0.3 is 5.32 Å². The number of rotatable bonds is 6. The maximum absolute atomic E-state index is 4.60. The molecule has 1 heterocycles. The van der Waals surface area contributed by atoms with Crippen LogP contribution in [0.5, 0.6) is 0 Å². The van der Waals surface area contributed by atoms with Gasteiger partial charge in [-0.1, -0.05) is 41.9 Å². The molecule has 2 rings (SSSR count). The van der Waals surface area contributed by atoms with E-state index in [0.717, 1.165) is 22.4 Å². The normalized spacial score (nSPS) is 12.8. The van der Waals surface area contributed by atoms with Gasteiger partial charge in [-0.05, 0) is 31.0 Å². The van der Waals surface area contributed by atoms with Gasteiger partial charge >= 0.3 is 0 Å². The van der Waals surface area contributed by atoms with E-state index in [0.29, 0.717) is 12.0 Å². The van der Waals surface area contributed by atoms with E-state index in [-0.39, 0.29) is 0 Å². The molecule has 2 aromatic rings. The van der Waals surface area contributed by atoms with Gasteiger partial charge in [0.05, 0.1) is 10.7 Å². The fraction of sp³-hybridized carbons (Fsp3) is 0.438. The third-order valence-corrected chi connectivity index (χ3v) is 4.53. The lowest BCUT2D eigenvalue weighted by atomic mass is 9.94. The Labute approximate surface area is 133 Å². The van der Waals surface area contributed by atoms with Gasteiger partial charge in [-0.2, -0.15) is 0 Å². The van der Waals surface area contributed by atoms with Gasteiger partial charge in [0.15, 0.2) is 0 Å². The lowest BCUT2D eigenvalue weighted by molar-refractivity contribution is 0.524. The third-order valence-electron chi connectivity index (χ3n) is 3.21. The summed E-state index contributed by atoms with van der Waals surface area (Å²) in [6.07, 6.45) is 0.987. The van der Waals surface area contributed by atoms with Crippen LogP contribution in [0.15, 0.2) is 34.1 Å². The summed E-state index contributed by atoms with van der Waals surface area (Å²) in [6.45, 7) is 7.41. The SMILES string of the molecule is Cc1nc(CC(CNC(C)C)c2cccc(Br)c2)cs1. The van der Waals surface area contributed by atoms with Crippen LogP contribution in [0.2, 0.25) is 0 Å². The zero-order valence-corrected chi connectivity index (χ0v) is 14.6.